The van der Waals surface area contributed by atoms with E-state index in [1.165, 1.54) is 6.26 Å². The first-order chi connectivity index (χ1) is 8.12. The Kier molecular flexibility index (Phi) is 3.63. The molecule has 0 aliphatic rings. The van der Waals surface area contributed by atoms with Gasteiger partial charge in [0.2, 0.25) is 10.0 Å². The van der Waals surface area contributed by atoms with Crippen LogP contribution in [0.2, 0.25) is 0 Å². The average Bonchev–Trinajstić information content (AvgIpc) is 2.98. The SMILES string of the molecule is NCc1csc(S(=O)(=O)NCc2ccco2)c1. The Morgan fingerprint density at radius 3 is 2.88 bits per heavy atom. The van der Waals surface area contributed by atoms with Gasteiger partial charge < -0.3 is 10.2 Å². The second-order valence-electron chi connectivity index (χ2n) is 3.38. The summed E-state index contributed by atoms with van der Waals surface area (Å²) in [7, 11) is -3.47. The van der Waals surface area contributed by atoms with E-state index in [-0.39, 0.29) is 10.8 Å². The summed E-state index contributed by atoms with van der Waals surface area (Å²) in [6.45, 7) is 0.482. The fourth-order valence-electron chi connectivity index (χ4n) is 1.25. The highest BCUT2D eigenvalue weighted by atomic mass is 32.2. The van der Waals surface area contributed by atoms with E-state index in [1.54, 1.807) is 23.6 Å². The van der Waals surface area contributed by atoms with Gasteiger partial charge in [-0.1, -0.05) is 0 Å². The van der Waals surface area contributed by atoms with Crippen molar-refractivity contribution >= 4 is 21.4 Å². The number of thiophene rings is 1. The Morgan fingerprint density at radius 2 is 2.29 bits per heavy atom. The van der Waals surface area contributed by atoms with Gasteiger partial charge in [0.15, 0.2) is 0 Å². The van der Waals surface area contributed by atoms with Gasteiger partial charge >= 0.3 is 0 Å². The first-order valence-corrected chi connectivity index (χ1v) is 7.27. The third-order valence-corrected chi connectivity index (χ3v) is 5.04. The molecule has 0 aliphatic carbocycles. The van der Waals surface area contributed by atoms with E-state index in [0.29, 0.717) is 12.3 Å². The van der Waals surface area contributed by atoms with Crippen molar-refractivity contribution in [3.63, 3.8) is 0 Å². The molecule has 5 nitrogen and oxygen atoms in total. The molecule has 0 aromatic carbocycles. The van der Waals surface area contributed by atoms with E-state index in [9.17, 15) is 8.42 Å². The van der Waals surface area contributed by atoms with Gasteiger partial charge in [0.1, 0.15) is 9.97 Å². The van der Waals surface area contributed by atoms with E-state index in [4.69, 9.17) is 10.2 Å². The summed E-state index contributed by atoms with van der Waals surface area (Å²) >= 11 is 1.16. The Bertz CT molecular complexity index is 572. The third kappa shape index (κ3) is 2.95. The Labute approximate surface area is 103 Å². The molecule has 0 aliphatic heterocycles. The van der Waals surface area contributed by atoms with Gasteiger partial charge in [0.05, 0.1) is 12.8 Å². The molecule has 2 aromatic rings. The van der Waals surface area contributed by atoms with Crippen LogP contribution in [0.4, 0.5) is 0 Å². The van der Waals surface area contributed by atoms with Gasteiger partial charge in [-0.2, -0.15) is 0 Å². The lowest BCUT2D eigenvalue weighted by Gasteiger charge is -2.01. The zero-order valence-electron chi connectivity index (χ0n) is 8.92. The van der Waals surface area contributed by atoms with Crippen LogP contribution < -0.4 is 10.5 Å². The molecular weight excluding hydrogens is 260 g/mol. The van der Waals surface area contributed by atoms with Crippen molar-refractivity contribution in [1.82, 2.24) is 4.72 Å². The topological polar surface area (TPSA) is 85.3 Å². The fraction of sp³-hybridized carbons (Fsp3) is 0.200. The van der Waals surface area contributed by atoms with E-state index in [1.807, 2.05) is 0 Å². The normalized spacial score (nSPS) is 11.8. The number of hydrogen-bond acceptors (Lipinski definition) is 5. The van der Waals surface area contributed by atoms with Gasteiger partial charge in [0, 0.05) is 6.54 Å². The molecule has 7 heteroatoms. The van der Waals surface area contributed by atoms with E-state index >= 15 is 0 Å². The van der Waals surface area contributed by atoms with Crippen LogP contribution in [0.5, 0.6) is 0 Å². The molecule has 0 bridgehead atoms. The number of nitrogens with one attached hydrogen (secondary N) is 1. The zero-order chi connectivity index (χ0) is 12.3. The summed E-state index contributed by atoms with van der Waals surface area (Å²) in [6, 6.07) is 5.00. The molecule has 2 heterocycles. The number of nitrogens with two attached hydrogens (primary N) is 1. The van der Waals surface area contributed by atoms with Crippen LogP contribution in [-0.4, -0.2) is 8.42 Å². The highest BCUT2D eigenvalue weighted by Gasteiger charge is 2.16. The zero-order valence-corrected chi connectivity index (χ0v) is 10.6. The maximum absolute atomic E-state index is 11.9. The molecule has 0 saturated heterocycles. The van der Waals surface area contributed by atoms with Crippen molar-refractivity contribution < 1.29 is 12.8 Å². The van der Waals surface area contributed by atoms with Crippen molar-refractivity contribution in [1.29, 1.82) is 0 Å². The predicted octanol–water partition coefficient (Wildman–Crippen LogP) is 1.28. The lowest BCUT2D eigenvalue weighted by molar-refractivity contribution is 0.499. The molecule has 0 unspecified atom stereocenters. The fourth-order valence-corrected chi connectivity index (χ4v) is 3.51. The molecule has 2 aromatic heterocycles. The van der Waals surface area contributed by atoms with Crippen molar-refractivity contribution in [2.24, 2.45) is 5.73 Å². The standard InChI is InChI=1S/C10H12N2O3S2/c11-5-8-4-10(16-7-8)17(13,14)12-6-9-2-1-3-15-9/h1-4,7,12H,5-6,11H2. The van der Waals surface area contributed by atoms with Crippen LogP contribution >= 0.6 is 11.3 Å². The van der Waals surface area contributed by atoms with Crippen LogP contribution in [0.15, 0.2) is 38.5 Å². The van der Waals surface area contributed by atoms with Gasteiger partial charge in [-0.05, 0) is 29.1 Å². The minimum Gasteiger partial charge on any atom is -0.468 e. The smallest absolute Gasteiger partial charge is 0.250 e. The summed E-state index contributed by atoms with van der Waals surface area (Å²) in [5, 5.41) is 1.74. The molecule has 0 amide bonds. The highest BCUT2D eigenvalue weighted by molar-refractivity contribution is 7.91. The van der Waals surface area contributed by atoms with E-state index < -0.39 is 10.0 Å². The molecule has 0 atom stereocenters. The second kappa shape index (κ2) is 5.01. The van der Waals surface area contributed by atoms with Gasteiger partial charge in [-0.15, -0.1) is 11.3 Å². The first kappa shape index (κ1) is 12.3. The minimum atomic E-state index is -3.47. The van der Waals surface area contributed by atoms with Crippen LogP contribution in [0.25, 0.3) is 0 Å². The molecule has 0 fully saturated rings. The lowest BCUT2D eigenvalue weighted by atomic mass is 10.4. The van der Waals surface area contributed by atoms with E-state index in [0.717, 1.165) is 16.9 Å². The molecule has 0 radical (unpaired) electrons. The largest absolute Gasteiger partial charge is 0.468 e. The van der Waals surface area contributed by atoms with Crippen LogP contribution in [0, 0.1) is 0 Å². The summed E-state index contributed by atoms with van der Waals surface area (Å²) in [5.74, 6) is 0.573. The number of rotatable bonds is 5. The molecule has 3 N–H and O–H groups in total. The van der Waals surface area contributed by atoms with Crippen molar-refractivity contribution in [2.45, 2.75) is 17.3 Å². The predicted molar refractivity (Wildman–Crippen MR) is 64.9 cm³/mol. The molecule has 92 valence electrons. The first-order valence-electron chi connectivity index (χ1n) is 4.91. The molecule has 2 rings (SSSR count). The molecular formula is C10H12N2O3S2. The summed E-state index contributed by atoms with van der Waals surface area (Å²) < 4.78 is 31.5. The molecule has 0 spiro atoms. The van der Waals surface area contributed by atoms with Crippen molar-refractivity contribution in [3.05, 3.63) is 41.2 Å². The summed E-state index contributed by atoms with van der Waals surface area (Å²) in [4.78, 5) is 0. The monoisotopic (exact) mass is 272 g/mol. The molecule has 0 saturated carbocycles. The van der Waals surface area contributed by atoms with Gasteiger partial charge in [-0.3, -0.25) is 0 Å². The van der Waals surface area contributed by atoms with Crippen LogP contribution in [-0.2, 0) is 23.1 Å². The Morgan fingerprint density at radius 1 is 1.47 bits per heavy atom. The Balaban J connectivity index is 2.08. The maximum atomic E-state index is 11.9. The van der Waals surface area contributed by atoms with Crippen molar-refractivity contribution in [2.75, 3.05) is 0 Å². The molecule has 17 heavy (non-hydrogen) atoms. The summed E-state index contributed by atoms with van der Waals surface area (Å²) in [6.07, 6.45) is 1.50. The van der Waals surface area contributed by atoms with Crippen LogP contribution in [0.3, 0.4) is 0 Å². The van der Waals surface area contributed by atoms with E-state index in [2.05, 4.69) is 4.72 Å². The quantitative estimate of drug-likeness (QED) is 0.858. The summed E-state index contributed by atoms with van der Waals surface area (Å²) in [5.41, 5.74) is 6.25. The van der Waals surface area contributed by atoms with Crippen LogP contribution in [0.1, 0.15) is 11.3 Å². The van der Waals surface area contributed by atoms with Gasteiger partial charge in [-0.25, -0.2) is 13.1 Å². The Hall–Kier alpha value is -1.15. The third-order valence-electron chi connectivity index (χ3n) is 2.15. The number of furan rings is 1. The number of sulfonamides is 1. The second-order valence-corrected chi connectivity index (χ2v) is 6.29. The van der Waals surface area contributed by atoms with Gasteiger partial charge in [0.25, 0.3) is 0 Å². The highest BCUT2D eigenvalue weighted by Crippen LogP contribution is 2.19. The van der Waals surface area contributed by atoms with Crippen molar-refractivity contribution in [3.8, 4) is 0 Å². The minimum absolute atomic E-state index is 0.144. The lowest BCUT2D eigenvalue weighted by Crippen LogP contribution is -2.22. The maximum Gasteiger partial charge on any atom is 0.250 e. The number of hydrogen-bond donors (Lipinski definition) is 2. The average molecular weight is 272 g/mol.